The molecule has 4 N–H and O–H groups in total. The van der Waals surface area contributed by atoms with Gasteiger partial charge >= 0.3 is 0 Å². The number of nitrogens with zero attached hydrogens (tertiary/aromatic N) is 2. The maximum Gasteiger partial charge on any atom is 0.288 e. The molecule has 108 valence electrons. The van der Waals surface area contributed by atoms with Crippen molar-refractivity contribution < 1.29 is 14.5 Å². The molecule has 0 aliphatic rings. The Bertz CT molecular complexity index is 702. The quantitative estimate of drug-likeness (QED) is 0.629. The highest BCUT2D eigenvalue weighted by Gasteiger charge is 2.18. The van der Waals surface area contributed by atoms with Crippen LogP contribution in [0.2, 0.25) is 0 Å². The van der Waals surface area contributed by atoms with Gasteiger partial charge in [-0.05, 0) is 17.7 Å². The molecule has 0 aliphatic carbocycles. The number of primary amides is 1. The zero-order chi connectivity index (χ0) is 15.4. The fourth-order valence-corrected chi connectivity index (χ4v) is 1.65. The summed E-state index contributed by atoms with van der Waals surface area (Å²) in [5, 5.41) is 10.7. The third-order valence-corrected chi connectivity index (χ3v) is 2.66. The molecular weight excluding hydrogens is 276 g/mol. The maximum atomic E-state index is 11.4. The molecule has 0 bridgehead atoms. The first kappa shape index (κ1) is 14.4. The smallest absolute Gasteiger partial charge is 0.288 e. The van der Waals surface area contributed by atoms with Crippen molar-refractivity contribution in [1.29, 1.82) is 0 Å². The van der Waals surface area contributed by atoms with Crippen LogP contribution in [0.4, 0.5) is 5.69 Å². The maximum absolute atomic E-state index is 11.4. The van der Waals surface area contributed by atoms with Gasteiger partial charge in [-0.1, -0.05) is 12.1 Å². The van der Waals surface area contributed by atoms with E-state index in [9.17, 15) is 14.9 Å². The lowest BCUT2D eigenvalue weighted by Crippen LogP contribution is -2.13. The van der Waals surface area contributed by atoms with E-state index in [1.54, 1.807) is 18.2 Å². The second-order valence-electron chi connectivity index (χ2n) is 4.12. The predicted octanol–water partition coefficient (Wildman–Crippen LogP) is 1.34. The van der Waals surface area contributed by atoms with Gasteiger partial charge in [0.1, 0.15) is 17.5 Å². The van der Waals surface area contributed by atoms with Crippen LogP contribution in [0.5, 0.6) is 11.6 Å². The summed E-state index contributed by atoms with van der Waals surface area (Å²) in [5.41, 5.74) is 11.0. The Labute approximate surface area is 119 Å². The van der Waals surface area contributed by atoms with Gasteiger partial charge in [0.15, 0.2) is 0 Å². The van der Waals surface area contributed by atoms with Crippen LogP contribution in [0.3, 0.4) is 0 Å². The van der Waals surface area contributed by atoms with E-state index in [1.807, 2.05) is 6.07 Å². The molecule has 0 fully saturated rings. The Hall–Kier alpha value is -3.00. The van der Waals surface area contributed by atoms with Crippen LogP contribution < -0.4 is 16.2 Å². The molecular formula is C13H12N4O4. The molecule has 0 spiro atoms. The van der Waals surface area contributed by atoms with Gasteiger partial charge in [-0.2, -0.15) is 0 Å². The van der Waals surface area contributed by atoms with Crippen molar-refractivity contribution in [2.75, 3.05) is 0 Å². The molecule has 1 aromatic carbocycles. The minimum atomic E-state index is -0.865. The Balaban J connectivity index is 2.38. The molecule has 2 rings (SSSR count). The molecule has 0 atom stereocenters. The van der Waals surface area contributed by atoms with E-state index in [0.29, 0.717) is 12.3 Å². The van der Waals surface area contributed by atoms with Gasteiger partial charge in [-0.15, -0.1) is 0 Å². The predicted molar refractivity (Wildman–Crippen MR) is 73.8 cm³/mol. The molecule has 1 heterocycles. The number of carbonyl (C=O) groups excluding carboxylic acids is 1. The number of aromatic nitrogens is 1. The number of nitro groups is 1. The lowest BCUT2D eigenvalue weighted by atomic mass is 10.2. The number of hydrogen-bond donors (Lipinski definition) is 2. The molecule has 8 nitrogen and oxygen atoms in total. The fourth-order valence-electron chi connectivity index (χ4n) is 1.65. The number of benzene rings is 1. The number of ether oxygens (including phenoxy) is 1. The molecule has 0 saturated carbocycles. The topological polar surface area (TPSA) is 134 Å². The molecule has 0 saturated heterocycles. The van der Waals surface area contributed by atoms with Crippen LogP contribution >= 0.6 is 0 Å². The van der Waals surface area contributed by atoms with E-state index in [1.165, 1.54) is 0 Å². The summed E-state index contributed by atoms with van der Waals surface area (Å²) in [6.07, 6.45) is 0.995. The van der Waals surface area contributed by atoms with E-state index in [-0.39, 0.29) is 17.1 Å². The third-order valence-electron chi connectivity index (χ3n) is 2.66. The lowest BCUT2D eigenvalue weighted by Gasteiger charge is -2.08. The van der Waals surface area contributed by atoms with Crippen molar-refractivity contribution in [2.45, 2.75) is 6.54 Å². The summed E-state index contributed by atoms with van der Waals surface area (Å²) >= 11 is 0. The average Bonchev–Trinajstić information content (AvgIpc) is 2.47. The largest absolute Gasteiger partial charge is 0.438 e. The van der Waals surface area contributed by atoms with Crippen LogP contribution in [-0.2, 0) is 6.54 Å². The standard InChI is InChI=1S/C13H12N4O4/c14-6-8-2-1-3-10(4-8)21-13-11(12(15)18)5-9(7-16-13)17(19)20/h1-5,7H,6,14H2,(H2,15,18). The minimum absolute atomic E-state index is 0.0951. The lowest BCUT2D eigenvalue weighted by molar-refractivity contribution is -0.385. The normalized spacial score (nSPS) is 10.1. The first-order valence-electron chi connectivity index (χ1n) is 5.92. The zero-order valence-electron chi connectivity index (χ0n) is 10.9. The molecule has 0 unspecified atom stereocenters. The van der Waals surface area contributed by atoms with E-state index in [2.05, 4.69) is 4.98 Å². The number of hydrogen-bond acceptors (Lipinski definition) is 6. The van der Waals surface area contributed by atoms with Gasteiger partial charge in [-0.3, -0.25) is 14.9 Å². The Morgan fingerprint density at radius 3 is 2.76 bits per heavy atom. The fraction of sp³-hybridized carbons (Fsp3) is 0.0769. The van der Waals surface area contributed by atoms with Crippen molar-refractivity contribution >= 4 is 11.6 Å². The monoisotopic (exact) mass is 288 g/mol. The SMILES string of the molecule is NCc1cccc(Oc2ncc([N+](=O)[O-])cc2C(N)=O)c1. The summed E-state index contributed by atoms with van der Waals surface area (Å²) in [4.78, 5) is 25.2. The van der Waals surface area contributed by atoms with Crippen LogP contribution in [0.15, 0.2) is 36.5 Å². The van der Waals surface area contributed by atoms with Crippen molar-refractivity contribution in [3.05, 3.63) is 57.8 Å². The van der Waals surface area contributed by atoms with Gasteiger partial charge < -0.3 is 16.2 Å². The number of pyridine rings is 1. The molecule has 1 amide bonds. The third kappa shape index (κ3) is 3.31. The molecule has 2 aromatic rings. The summed E-state index contributed by atoms with van der Waals surface area (Å²) in [6.45, 7) is 0.327. The van der Waals surface area contributed by atoms with Gasteiger partial charge in [0.05, 0.1) is 4.92 Å². The highest BCUT2D eigenvalue weighted by atomic mass is 16.6. The summed E-state index contributed by atoms with van der Waals surface area (Å²) in [5.74, 6) is -0.555. The summed E-state index contributed by atoms with van der Waals surface area (Å²) in [6, 6.07) is 7.89. The van der Waals surface area contributed by atoms with Crippen LogP contribution in [0.25, 0.3) is 0 Å². The summed E-state index contributed by atoms with van der Waals surface area (Å²) in [7, 11) is 0. The van der Waals surface area contributed by atoms with E-state index < -0.39 is 10.8 Å². The van der Waals surface area contributed by atoms with Crippen molar-refractivity contribution in [3.8, 4) is 11.6 Å². The van der Waals surface area contributed by atoms with Crippen molar-refractivity contribution in [1.82, 2.24) is 4.98 Å². The van der Waals surface area contributed by atoms with E-state index in [0.717, 1.165) is 17.8 Å². The van der Waals surface area contributed by atoms with Crippen molar-refractivity contribution in [3.63, 3.8) is 0 Å². The second-order valence-corrected chi connectivity index (χ2v) is 4.12. The number of nitrogens with two attached hydrogens (primary N) is 2. The zero-order valence-corrected chi connectivity index (χ0v) is 10.9. The first-order chi connectivity index (χ1) is 10.0. The Morgan fingerprint density at radius 2 is 2.14 bits per heavy atom. The molecule has 8 heteroatoms. The van der Waals surface area contributed by atoms with Gasteiger partial charge in [0.2, 0.25) is 5.88 Å². The van der Waals surface area contributed by atoms with Gasteiger partial charge in [0.25, 0.3) is 11.6 Å². The van der Waals surface area contributed by atoms with Crippen LogP contribution in [0.1, 0.15) is 15.9 Å². The first-order valence-corrected chi connectivity index (χ1v) is 5.92. The minimum Gasteiger partial charge on any atom is -0.438 e. The van der Waals surface area contributed by atoms with Gasteiger partial charge in [0, 0.05) is 12.6 Å². The van der Waals surface area contributed by atoms with Crippen LogP contribution in [-0.4, -0.2) is 15.8 Å². The van der Waals surface area contributed by atoms with E-state index in [4.69, 9.17) is 16.2 Å². The van der Waals surface area contributed by atoms with E-state index >= 15 is 0 Å². The van der Waals surface area contributed by atoms with Gasteiger partial charge in [-0.25, -0.2) is 4.98 Å². The number of amides is 1. The number of rotatable bonds is 5. The number of carbonyl (C=O) groups is 1. The average molecular weight is 288 g/mol. The molecule has 0 radical (unpaired) electrons. The highest BCUT2D eigenvalue weighted by molar-refractivity contribution is 5.95. The molecule has 21 heavy (non-hydrogen) atoms. The van der Waals surface area contributed by atoms with Crippen LogP contribution in [0, 0.1) is 10.1 Å². The summed E-state index contributed by atoms with van der Waals surface area (Å²) < 4.78 is 5.46. The second kappa shape index (κ2) is 5.97. The Kier molecular flexibility index (Phi) is 4.10. The Morgan fingerprint density at radius 1 is 1.38 bits per heavy atom. The molecule has 0 aliphatic heterocycles. The highest BCUT2D eigenvalue weighted by Crippen LogP contribution is 2.26. The van der Waals surface area contributed by atoms with Crippen molar-refractivity contribution in [2.24, 2.45) is 11.5 Å². The molecule has 1 aromatic heterocycles.